The van der Waals surface area contributed by atoms with Crippen LogP contribution >= 0.6 is 0 Å². The van der Waals surface area contributed by atoms with Gasteiger partial charge in [0.05, 0.1) is 16.9 Å². The molecule has 0 aromatic carbocycles. The van der Waals surface area contributed by atoms with Crippen molar-refractivity contribution in [2.75, 3.05) is 13.1 Å². The van der Waals surface area contributed by atoms with Crippen LogP contribution in [0.5, 0.6) is 0 Å². The van der Waals surface area contributed by atoms with Gasteiger partial charge in [0.1, 0.15) is 5.65 Å². The molecule has 0 unspecified atom stereocenters. The predicted octanol–water partition coefficient (Wildman–Crippen LogP) is 3.37. The number of rotatable bonds is 3. The molecule has 156 valence electrons. The molecular formula is C24H29N5O. The molecule has 5 rings (SSSR count). The minimum absolute atomic E-state index is 0.185. The van der Waals surface area contributed by atoms with Gasteiger partial charge in [0.25, 0.3) is 0 Å². The first-order valence-corrected chi connectivity index (χ1v) is 10.9. The van der Waals surface area contributed by atoms with Crippen LogP contribution in [-0.2, 0) is 11.3 Å². The van der Waals surface area contributed by atoms with Gasteiger partial charge in [-0.1, -0.05) is 18.6 Å². The SMILES string of the molecule is Cc1nc2c(C)cccn2c1CN1C[C@@H](c2cccnc2)[C@@]2(CCCCC(=O)N2)C1. The van der Waals surface area contributed by atoms with E-state index < -0.39 is 0 Å². The maximum absolute atomic E-state index is 12.6. The molecule has 1 spiro atoms. The number of likely N-dealkylation sites (tertiary alicyclic amines) is 1. The molecule has 2 atom stereocenters. The number of nitrogens with one attached hydrogen (secondary N) is 1. The molecule has 2 aliphatic heterocycles. The summed E-state index contributed by atoms with van der Waals surface area (Å²) in [6.45, 7) is 6.79. The lowest BCUT2D eigenvalue weighted by atomic mass is 9.79. The minimum atomic E-state index is -0.221. The summed E-state index contributed by atoms with van der Waals surface area (Å²) < 4.78 is 2.22. The maximum atomic E-state index is 12.6. The van der Waals surface area contributed by atoms with Gasteiger partial charge >= 0.3 is 0 Å². The topological polar surface area (TPSA) is 62.5 Å². The van der Waals surface area contributed by atoms with Crippen molar-refractivity contribution in [3.05, 3.63) is 65.4 Å². The van der Waals surface area contributed by atoms with Crippen LogP contribution in [0.25, 0.3) is 5.65 Å². The summed E-state index contributed by atoms with van der Waals surface area (Å²) in [5.41, 5.74) is 5.53. The lowest BCUT2D eigenvalue weighted by Gasteiger charge is -2.35. The van der Waals surface area contributed by atoms with Crippen molar-refractivity contribution >= 4 is 11.6 Å². The van der Waals surface area contributed by atoms with E-state index in [1.807, 2.05) is 18.5 Å². The van der Waals surface area contributed by atoms with E-state index in [4.69, 9.17) is 4.98 Å². The van der Waals surface area contributed by atoms with E-state index in [0.29, 0.717) is 6.42 Å². The second-order valence-corrected chi connectivity index (χ2v) is 8.95. The Morgan fingerprint density at radius 1 is 1.23 bits per heavy atom. The van der Waals surface area contributed by atoms with Gasteiger partial charge in [-0.2, -0.15) is 0 Å². The number of hydrogen-bond acceptors (Lipinski definition) is 4. The molecule has 0 aliphatic carbocycles. The number of amides is 1. The lowest BCUT2D eigenvalue weighted by molar-refractivity contribution is -0.122. The fourth-order valence-corrected chi connectivity index (χ4v) is 5.41. The molecule has 2 aliphatic rings. The number of pyridine rings is 2. The Kier molecular flexibility index (Phi) is 4.82. The second kappa shape index (κ2) is 7.51. The van der Waals surface area contributed by atoms with Crippen LogP contribution in [0.3, 0.4) is 0 Å². The molecule has 6 nitrogen and oxygen atoms in total. The molecule has 0 saturated carbocycles. The van der Waals surface area contributed by atoms with Crippen molar-refractivity contribution in [3.8, 4) is 0 Å². The largest absolute Gasteiger partial charge is 0.349 e. The number of aromatic nitrogens is 3. The summed E-state index contributed by atoms with van der Waals surface area (Å²) in [5.74, 6) is 0.430. The van der Waals surface area contributed by atoms with E-state index in [1.165, 1.54) is 16.8 Å². The zero-order valence-electron chi connectivity index (χ0n) is 17.8. The van der Waals surface area contributed by atoms with Gasteiger partial charge in [-0.05, 0) is 49.9 Å². The molecule has 3 aromatic rings. The fourth-order valence-electron chi connectivity index (χ4n) is 5.41. The van der Waals surface area contributed by atoms with E-state index in [1.54, 1.807) is 0 Å². The lowest BCUT2D eigenvalue weighted by Crippen LogP contribution is -2.52. The molecule has 1 amide bonds. The molecule has 1 N–H and O–H groups in total. The van der Waals surface area contributed by atoms with Crippen molar-refractivity contribution in [3.63, 3.8) is 0 Å². The Hall–Kier alpha value is -2.73. The van der Waals surface area contributed by atoms with Crippen molar-refractivity contribution < 1.29 is 4.79 Å². The van der Waals surface area contributed by atoms with Gasteiger partial charge in [0, 0.05) is 50.6 Å². The maximum Gasteiger partial charge on any atom is 0.220 e. The number of fused-ring (bicyclic) bond motifs is 1. The molecule has 3 aromatic heterocycles. The van der Waals surface area contributed by atoms with Crippen LogP contribution in [0.4, 0.5) is 0 Å². The molecule has 0 bridgehead atoms. The van der Waals surface area contributed by atoms with Crippen LogP contribution in [0.2, 0.25) is 0 Å². The highest BCUT2D eigenvalue weighted by atomic mass is 16.1. The Labute approximate surface area is 177 Å². The Bertz CT molecular complexity index is 1080. The highest BCUT2D eigenvalue weighted by Gasteiger charge is 2.48. The second-order valence-electron chi connectivity index (χ2n) is 8.95. The number of nitrogens with zero attached hydrogens (tertiary/aromatic N) is 4. The normalized spacial score (nSPS) is 25.0. The quantitative estimate of drug-likeness (QED) is 0.728. The third kappa shape index (κ3) is 3.29. The molecule has 2 fully saturated rings. The predicted molar refractivity (Wildman–Crippen MR) is 116 cm³/mol. The first-order chi connectivity index (χ1) is 14.6. The number of aryl methyl sites for hydroxylation is 2. The monoisotopic (exact) mass is 403 g/mol. The molecule has 30 heavy (non-hydrogen) atoms. The van der Waals surface area contributed by atoms with Gasteiger partial charge < -0.3 is 9.72 Å². The molecule has 0 radical (unpaired) electrons. The Morgan fingerprint density at radius 2 is 2.13 bits per heavy atom. The molecule has 6 heteroatoms. The highest BCUT2D eigenvalue weighted by molar-refractivity contribution is 5.77. The van der Waals surface area contributed by atoms with Crippen LogP contribution < -0.4 is 5.32 Å². The average molecular weight is 404 g/mol. The molecular weight excluding hydrogens is 374 g/mol. The van der Waals surface area contributed by atoms with Crippen LogP contribution in [0.15, 0.2) is 42.9 Å². The number of hydrogen-bond donors (Lipinski definition) is 1. The number of imidazole rings is 1. The van der Waals surface area contributed by atoms with E-state index in [0.717, 1.165) is 50.2 Å². The average Bonchev–Trinajstić information content (AvgIpc) is 3.17. The van der Waals surface area contributed by atoms with Crippen molar-refractivity contribution in [1.82, 2.24) is 24.6 Å². The van der Waals surface area contributed by atoms with Crippen LogP contribution in [-0.4, -0.2) is 43.8 Å². The van der Waals surface area contributed by atoms with Gasteiger partial charge in [-0.15, -0.1) is 0 Å². The standard InChI is InChI=1S/C24H29N5O/c1-17-7-6-12-29-21(18(2)26-23(17)29)15-28-14-20(19-8-5-11-25-13-19)24(16-28)10-4-3-9-22(30)27-24/h5-8,11-13,20H,3-4,9-10,14-16H2,1-2H3,(H,27,30)/t20-,24+/m0/s1. The molecule has 2 saturated heterocycles. The molecule has 5 heterocycles. The Balaban J connectivity index is 1.50. The summed E-state index contributed by atoms with van der Waals surface area (Å²) in [5, 5.41) is 3.44. The third-order valence-corrected chi connectivity index (χ3v) is 6.88. The van der Waals surface area contributed by atoms with E-state index in [-0.39, 0.29) is 17.4 Å². The van der Waals surface area contributed by atoms with Crippen LogP contribution in [0.1, 0.15) is 54.1 Å². The summed E-state index contributed by atoms with van der Waals surface area (Å²) in [6.07, 6.45) is 9.59. The van der Waals surface area contributed by atoms with Crippen LogP contribution in [0, 0.1) is 13.8 Å². The van der Waals surface area contributed by atoms with Crippen molar-refractivity contribution in [1.29, 1.82) is 0 Å². The highest BCUT2D eigenvalue weighted by Crippen LogP contribution is 2.41. The van der Waals surface area contributed by atoms with Gasteiger partial charge in [-0.3, -0.25) is 14.7 Å². The third-order valence-electron chi connectivity index (χ3n) is 6.88. The van der Waals surface area contributed by atoms with E-state index in [9.17, 15) is 4.79 Å². The summed E-state index contributed by atoms with van der Waals surface area (Å²) in [6, 6.07) is 8.35. The zero-order valence-corrected chi connectivity index (χ0v) is 17.8. The minimum Gasteiger partial charge on any atom is -0.349 e. The van der Waals surface area contributed by atoms with Crippen molar-refractivity contribution in [2.24, 2.45) is 0 Å². The number of carbonyl (C=O) groups is 1. The summed E-state index contributed by atoms with van der Waals surface area (Å²) >= 11 is 0. The van der Waals surface area contributed by atoms with Gasteiger partial charge in [-0.25, -0.2) is 4.98 Å². The smallest absolute Gasteiger partial charge is 0.220 e. The van der Waals surface area contributed by atoms with E-state index in [2.05, 4.69) is 57.8 Å². The van der Waals surface area contributed by atoms with Gasteiger partial charge in [0.2, 0.25) is 5.91 Å². The van der Waals surface area contributed by atoms with E-state index >= 15 is 0 Å². The van der Waals surface area contributed by atoms with Gasteiger partial charge in [0.15, 0.2) is 0 Å². The first-order valence-electron chi connectivity index (χ1n) is 10.9. The Morgan fingerprint density at radius 3 is 2.97 bits per heavy atom. The number of carbonyl (C=O) groups excluding carboxylic acids is 1. The summed E-state index contributed by atoms with van der Waals surface area (Å²) in [4.78, 5) is 24.2. The fraction of sp³-hybridized carbons (Fsp3) is 0.458. The zero-order chi connectivity index (χ0) is 20.7. The van der Waals surface area contributed by atoms with Crippen molar-refractivity contribution in [2.45, 2.75) is 57.5 Å². The summed E-state index contributed by atoms with van der Waals surface area (Å²) in [7, 11) is 0. The first kappa shape index (κ1) is 19.2.